The standard InChI is InChI=1S/C21H25N3O4S/c1-16(25)23-19-9-11-20(12-10-19)29(27,28)24-13-5-6-17(15-24)14-22-21(26)18-7-3-2-4-8-18/h2-4,7-12,17H,5-6,13-15H2,1H3,(H,22,26)(H,23,25)/t17-/m0/s1. The van der Waals surface area contributed by atoms with Crippen LogP contribution in [0.25, 0.3) is 0 Å². The lowest BCUT2D eigenvalue weighted by molar-refractivity contribution is -0.114. The van der Waals surface area contributed by atoms with E-state index >= 15 is 0 Å². The van der Waals surface area contributed by atoms with E-state index in [0.29, 0.717) is 30.9 Å². The average Bonchev–Trinajstić information content (AvgIpc) is 2.73. The van der Waals surface area contributed by atoms with Crippen molar-refractivity contribution < 1.29 is 18.0 Å². The van der Waals surface area contributed by atoms with Gasteiger partial charge >= 0.3 is 0 Å². The third kappa shape index (κ3) is 5.42. The smallest absolute Gasteiger partial charge is 0.251 e. The Morgan fingerprint density at radius 1 is 1.07 bits per heavy atom. The Hall–Kier alpha value is -2.71. The topological polar surface area (TPSA) is 95.6 Å². The number of hydrogen-bond donors (Lipinski definition) is 2. The fraction of sp³-hybridized carbons (Fsp3) is 0.333. The number of nitrogens with zero attached hydrogens (tertiary/aromatic N) is 1. The molecule has 29 heavy (non-hydrogen) atoms. The van der Waals surface area contributed by atoms with Crippen LogP contribution >= 0.6 is 0 Å². The Morgan fingerprint density at radius 2 is 1.76 bits per heavy atom. The predicted molar refractivity (Wildman–Crippen MR) is 111 cm³/mol. The number of hydrogen-bond acceptors (Lipinski definition) is 4. The number of piperidine rings is 1. The molecule has 0 aliphatic carbocycles. The molecular weight excluding hydrogens is 390 g/mol. The van der Waals surface area contributed by atoms with Crippen molar-refractivity contribution in [1.29, 1.82) is 0 Å². The predicted octanol–water partition coefficient (Wildman–Crippen LogP) is 2.48. The molecule has 1 fully saturated rings. The fourth-order valence-electron chi connectivity index (χ4n) is 3.40. The summed E-state index contributed by atoms with van der Waals surface area (Å²) in [5.74, 6) is -0.305. The lowest BCUT2D eigenvalue weighted by atomic mass is 9.99. The van der Waals surface area contributed by atoms with Gasteiger partial charge in [-0.05, 0) is 55.2 Å². The second-order valence-corrected chi connectivity index (χ2v) is 9.09. The maximum Gasteiger partial charge on any atom is 0.251 e. The van der Waals surface area contributed by atoms with Gasteiger partial charge < -0.3 is 10.6 Å². The molecule has 0 spiro atoms. The van der Waals surface area contributed by atoms with Gasteiger partial charge in [0, 0.05) is 37.8 Å². The molecule has 8 heteroatoms. The van der Waals surface area contributed by atoms with Gasteiger partial charge in [0.25, 0.3) is 5.91 Å². The van der Waals surface area contributed by atoms with Gasteiger partial charge in [0.1, 0.15) is 0 Å². The van der Waals surface area contributed by atoms with Crippen LogP contribution in [0.5, 0.6) is 0 Å². The average molecular weight is 416 g/mol. The molecule has 1 atom stereocenters. The Labute approximate surface area is 171 Å². The fourth-order valence-corrected chi connectivity index (χ4v) is 4.96. The Morgan fingerprint density at radius 3 is 2.41 bits per heavy atom. The zero-order valence-corrected chi connectivity index (χ0v) is 17.1. The van der Waals surface area contributed by atoms with E-state index in [4.69, 9.17) is 0 Å². The molecule has 1 saturated heterocycles. The van der Waals surface area contributed by atoms with E-state index in [2.05, 4.69) is 10.6 Å². The number of amides is 2. The molecule has 2 aromatic rings. The number of carbonyl (C=O) groups excluding carboxylic acids is 2. The van der Waals surface area contributed by atoms with E-state index in [0.717, 1.165) is 12.8 Å². The second kappa shape index (κ2) is 9.19. The Balaban J connectivity index is 1.61. The highest BCUT2D eigenvalue weighted by Crippen LogP contribution is 2.24. The Bertz CT molecular complexity index is 959. The lowest BCUT2D eigenvalue weighted by Crippen LogP contribution is -2.43. The molecule has 154 valence electrons. The highest BCUT2D eigenvalue weighted by molar-refractivity contribution is 7.89. The second-order valence-electron chi connectivity index (χ2n) is 7.15. The summed E-state index contributed by atoms with van der Waals surface area (Å²) in [5, 5.41) is 5.53. The summed E-state index contributed by atoms with van der Waals surface area (Å²) in [6.45, 7) is 2.65. The van der Waals surface area contributed by atoms with Crippen LogP contribution < -0.4 is 10.6 Å². The SMILES string of the molecule is CC(=O)Nc1ccc(S(=O)(=O)N2CCC[C@@H](CNC(=O)c3ccccc3)C2)cc1. The first kappa shape index (κ1) is 21.0. The summed E-state index contributed by atoms with van der Waals surface area (Å²) >= 11 is 0. The van der Waals surface area contributed by atoms with Crippen LogP contribution in [-0.4, -0.2) is 44.2 Å². The van der Waals surface area contributed by atoms with Crippen molar-refractivity contribution in [2.45, 2.75) is 24.7 Å². The first-order valence-corrected chi connectivity index (χ1v) is 11.0. The molecule has 1 aliphatic heterocycles. The molecule has 7 nitrogen and oxygen atoms in total. The maximum absolute atomic E-state index is 13.0. The molecule has 0 bridgehead atoms. The number of sulfonamides is 1. The van der Waals surface area contributed by atoms with Crippen LogP contribution in [0.3, 0.4) is 0 Å². The highest BCUT2D eigenvalue weighted by Gasteiger charge is 2.30. The molecule has 3 rings (SSSR count). The normalized spacial score (nSPS) is 17.5. The van der Waals surface area contributed by atoms with Crippen LogP contribution in [0.15, 0.2) is 59.5 Å². The van der Waals surface area contributed by atoms with Gasteiger partial charge in [0.2, 0.25) is 15.9 Å². The van der Waals surface area contributed by atoms with Crippen molar-refractivity contribution in [2.75, 3.05) is 25.0 Å². The van der Waals surface area contributed by atoms with Crippen LogP contribution in [0.1, 0.15) is 30.1 Å². The van der Waals surface area contributed by atoms with Crippen LogP contribution in [0.2, 0.25) is 0 Å². The van der Waals surface area contributed by atoms with Gasteiger partial charge in [0.05, 0.1) is 4.90 Å². The van der Waals surface area contributed by atoms with Gasteiger partial charge in [-0.2, -0.15) is 4.31 Å². The summed E-state index contributed by atoms with van der Waals surface area (Å²) in [5.41, 5.74) is 1.14. The van der Waals surface area contributed by atoms with Crippen molar-refractivity contribution in [3.63, 3.8) is 0 Å². The Kier molecular flexibility index (Phi) is 6.66. The molecule has 0 aromatic heterocycles. The van der Waals surface area contributed by atoms with Crippen LogP contribution in [0, 0.1) is 5.92 Å². The zero-order valence-electron chi connectivity index (χ0n) is 16.3. The van der Waals surface area contributed by atoms with E-state index in [1.807, 2.05) is 6.07 Å². The van der Waals surface area contributed by atoms with E-state index in [-0.39, 0.29) is 22.6 Å². The first-order chi connectivity index (χ1) is 13.9. The van der Waals surface area contributed by atoms with Gasteiger partial charge in [-0.3, -0.25) is 9.59 Å². The molecule has 1 heterocycles. The van der Waals surface area contributed by atoms with Gasteiger partial charge in [0.15, 0.2) is 0 Å². The maximum atomic E-state index is 13.0. The minimum absolute atomic E-state index is 0.0600. The van der Waals surface area contributed by atoms with Gasteiger partial charge in [-0.1, -0.05) is 18.2 Å². The summed E-state index contributed by atoms with van der Waals surface area (Å²) in [4.78, 5) is 23.5. The van der Waals surface area contributed by atoms with Crippen molar-refractivity contribution in [3.05, 3.63) is 60.2 Å². The molecule has 0 saturated carbocycles. The number of carbonyl (C=O) groups is 2. The number of rotatable bonds is 6. The van der Waals surface area contributed by atoms with Crippen molar-refractivity contribution >= 4 is 27.5 Å². The summed E-state index contributed by atoms with van der Waals surface area (Å²) in [6.07, 6.45) is 1.61. The number of nitrogens with one attached hydrogen (secondary N) is 2. The summed E-state index contributed by atoms with van der Waals surface area (Å²) < 4.78 is 27.4. The van der Waals surface area contributed by atoms with Crippen LogP contribution in [-0.2, 0) is 14.8 Å². The zero-order chi connectivity index (χ0) is 20.9. The quantitative estimate of drug-likeness (QED) is 0.758. The largest absolute Gasteiger partial charge is 0.352 e. The highest BCUT2D eigenvalue weighted by atomic mass is 32.2. The molecule has 2 amide bonds. The molecule has 0 radical (unpaired) electrons. The van der Waals surface area contributed by atoms with Gasteiger partial charge in [-0.25, -0.2) is 8.42 Å². The van der Waals surface area contributed by atoms with Crippen molar-refractivity contribution in [1.82, 2.24) is 9.62 Å². The van der Waals surface area contributed by atoms with E-state index in [1.54, 1.807) is 36.4 Å². The third-order valence-electron chi connectivity index (χ3n) is 4.88. The molecular formula is C21H25N3O4S. The number of anilines is 1. The van der Waals surface area contributed by atoms with E-state index in [9.17, 15) is 18.0 Å². The van der Waals surface area contributed by atoms with Crippen LogP contribution in [0.4, 0.5) is 5.69 Å². The summed E-state index contributed by atoms with van der Waals surface area (Å²) in [7, 11) is -3.62. The molecule has 0 unspecified atom stereocenters. The minimum atomic E-state index is -3.62. The molecule has 2 N–H and O–H groups in total. The lowest BCUT2D eigenvalue weighted by Gasteiger charge is -2.32. The van der Waals surface area contributed by atoms with E-state index in [1.165, 1.54) is 23.4 Å². The van der Waals surface area contributed by atoms with Crippen molar-refractivity contribution in [2.24, 2.45) is 5.92 Å². The van der Waals surface area contributed by atoms with Gasteiger partial charge in [-0.15, -0.1) is 0 Å². The molecule has 1 aliphatic rings. The summed E-state index contributed by atoms with van der Waals surface area (Å²) in [6, 6.07) is 15.1. The monoisotopic (exact) mass is 415 g/mol. The minimum Gasteiger partial charge on any atom is -0.352 e. The van der Waals surface area contributed by atoms with E-state index < -0.39 is 10.0 Å². The first-order valence-electron chi connectivity index (χ1n) is 9.57. The molecule has 2 aromatic carbocycles. The third-order valence-corrected chi connectivity index (χ3v) is 6.76. The number of benzene rings is 2. The van der Waals surface area contributed by atoms with Crippen molar-refractivity contribution in [3.8, 4) is 0 Å².